The fraction of sp³-hybridized carbons (Fsp3) is 0.607. The molecule has 4 heteroatoms. The third kappa shape index (κ3) is 4.60. The van der Waals surface area contributed by atoms with Gasteiger partial charge in [0, 0.05) is 17.4 Å². The first-order valence-electron chi connectivity index (χ1n) is 12.5. The zero-order valence-electron chi connectivity index (χ0n) is 20.6. The van der Waals surface area contributed by atoms with E-state index >= 15 is 0 Å². The van der Waals surface area contributed by atoms with Crippen LogP contribution >= 0.6 is 0 Å². The lowest BCUT2D eigenvalue weighted by molar-refractivity contribution is -0.688. The third-order valence-corrected chi connectivity index (χ3v) is 7.81. The van der Waals surface area contributed by atoms with Crippen LogP contribution in [0, 0.1) is 5.92 Å². The van der Waals surface area contributed by atoms with Gasteiger partial charge in [-0.15, -0.1) is 0 Å². The number of benzene rings is 1. The highest BCUT2D eigenvalue weighted by Crippen LogP contribution is 2.55. The predicted octanol–water partition coefficient (Wildman–Crippen LogP) is 6.55. The van der Waals surface area contributed by atoms with Crippen LogP contribution in [0.5, 0.6) is 11.5 Å². The topological polar surface area (TPSA) is 49.1 Å². The number of ether oxygens (including phenoxy) is 1. The molecular weight excluding hydrogens is 396 g/mol. The zero-order valence-corrected chi connectivity index (χ0v) is 20.6. The second-order valence-electron chi connectivity index (χ2n) is 11.1. The molecular formula is C28H41N2O2+. The number of nitrogens with one attached hydrogen (secondary N) is 1. The highest BCUT2D eigenvalue weighted by molar-refractivity contribution is 5.54. The summed E-state index contributed by atoms with van der Waals surface area (Å²) < 4.78 is 8.77. The van der Waals surface area contributed by atoms with E-state index in [1.54, 1.807) is 0 Å². The molecule has 4 rings (SSSR count). The Morgan fingerprint density at radius 3 is 2.75 bits per heavy atom. The average molecular weight is 438 g/mol. The second-order valence-corrected chi connectivity index (χ2v) is 11.1. The number of aromatic nitrogens is 2. The highest BCUT2D eigenvalue weighted by atomic mass is 16.5. The van der Waals surface area contributed by atoms with Gasteiger partial charge < -0.3 is 9.84 Å². The molecule has 2 aliphatic rings. The van der Waals surface area contributed by atoms with E-state index in [0.717, 1.165) is 37.1 Å². The molecule has 4 nitrogen and oxygen atoms in total. The number of phenols is 1. The van der Waals surface area contributed by atoms with Crippen LogP contribution < -0.4 is 9.30 Å². The Morgan fingerprint density at radius 2 is 2.03 bits per heavy atom. The number of imidazole rings is 1. The van der Waals surface area contributed by atoms with Crippen LogP contribution in [0.4, 0.5) is 0 Å². The zero-order chi connectivity index (χ0) is 22.9. The van der Waals surface area contributed by atoms with Crippen LogP contribution in [-0.2, 0) is 12.0 Å². The maximum Gasteiger partial charge on any atom is 0.241 e. The minimum atomic E-state index is -0.253. The van der Waals surface area contributed by atoms with Crippen LogP contribution in [0.1, 0.15) is 96.6 Å². The van der Waals surface area contributed by atoms with E-state index < -0.39 is 0 Å². The van der Waals surface area contributed by atoms with Gasteiger partial charge in [0.25, 0.3) is 0 Å². The Hall–Kier alpha value is -2.23. The van der Waals surface area contributed by atoms with Crippen LogP contribution in [0.3, 0.4) is 0 Å². The number of fused-ring (bicyclic) bond motifs is 3. The Morgan fingerprint density at radius 1 is 1.22 bits per heavy atom. The van der Waals surface area contributed by atoms with Crippen molar-refractivity contribution in [3.63, 3.8) is 0 Å². The average Bonchev–Trinajstić information content (AvgIpc) is 3.23. The van der Waals surface area contributed by atoms with Crippen molar-refractivity contribution in [2.75, 3.05) is 0 Å². The first-order valence-corrected chi connectivity index (χ1v) is 12.5. The third-order valence-electron chi connectivity index (χ3n) is 7.81. The summed E-state index contributed by atoms with van der Waals surface area (Å²) in [6.45, 7) is 12.2. The SMILES string of the molecule is CCCCCCC(C)(C)c1cc(O)c2c(c1)OC(C)(C)C1CC=C(C[n+]3cc[nH]c3)CC21. The quantitative estimate of drug-likeness (QED) is 0.280. The van der Waals surface area contributed by atoms with E-state index in [2.05, 4.69) is 62.5 Å². The molecule has 0 amide bonds. The van der Waals surface area contributed by atoms with Gasteiger partial charge in [-0.1, -0.05) is 52.5 Å². The molecule has 1 aliphatic heterocycles. The summed E-state index contributed by atoms with van der Waals surface area (Å²) in [4.78, 5) is 3.13. The van der Waals surface area contributed by atoms with Crippen molar-refractivity contribution in [1.82, 2.24) is 4.98 Å². The van der Waals surface area contributed by atoms with Gasteiger partial charge in [-0.25, -0.2) is 4.57 Å². The van der Waals surface area contributed by atoms with Crippen LogP contribution in [-0.4, -0.2) is 15.7 Å². The van der Waals surface area contributed by atoms with Crippen molar-refractivity contribution < 1.29 is 14.4 Å². The number of nitrogens with zero attached hydrogens (tertiary/aromatic N) is 1. The van der Waals surface area contributed by atoms with Gasteiger partial charge in [0.2, 0.25) is 6.33 Å². The lowest BCUT2D eigenvalue weighted by atomic mass is 9.66. The number of aromatic amines is 1. The number of hydrogen-bond donors (Lipinski definition) is 2. The molecule has 174 valence electrons. The summed E-state index contributed by atoms with van der Waals surface area (Å²) in [5.41, 5.74) is 3.41. The predicted molar refractivity (Wildman–Crippen MR) is 129 cm³/mol. The fourth-order valence-electron chi connectivity index (χ4n) is 5.78. The Bertz CT molecular complexity index is 956. The highest BCUT2D eigenvalue weighted by Gasteiger charge is 2.46. The summed E-state index contributed by atoms with van der Waals surface area (Å²) in [6.07, 6.45) is 16.5. The molecule has 0 saturated carbocycles. The summed E-state index contributed by atoms with van der Waals surface area (Å²) in [6, 6.07) is 4.25. The molecule has 2 aromatic rings. The summed E-state index contributed by atoms with van der Waals surface area (Å²) in [5.74, 6) is 1.97. The molecule has 0 radical (unpaired) electrons. The normalized spacial score (nSPS) is 22.0. The molecule has 0 bridgehead atoms. The van der Waals surface area contributed by atoms with Gasteiger partial charge in [-0.3, -0.25) is 4.98 Å². The first-order chi connectivity index (χ1) is 15.2. The van der Waals surface area contributed by atoms with E-state index in [-0.39, 0.29) is 16.9 Å². The summed E-state index contributed by atoms with van der Waals surface area (Å²) in [5, 5.41) is 11.3. The number of hydrogen-bond acceptors (Lipinski definition) is 2. The molecule has 2 unspecified atom stereocenters. The van der Waals surface area contributed by atoms with Gasteiger partial charge >= 0.3 is 0 Å². The van der Waals surface area contributed by atoms with Gasteiger partial charge in [0.05, 0.1) is 0 Å². The van der Waals surface area contributed by atoms with Crippen LogP contribution in [0.2, 0.25) is 0 Å². The van der Waals surface area contributed by atoms with Gasteiger partial charge in [0.1, 0.15) is 36.0 Å². The molecule has 0 saturated heterocycles. The number of rotatable bonds is 8. The molecule has 2 N–H and O–H groups in total. The van der Waals surface area contributed by atoms with Crippen molar-refractivity contribution in [2.24, 2.45) is 5.92 Å². The number of allylic oxidation sites excluding steroid dienone is 2. The van der Waals surface area contributed by atoms with Gasteiger partial charge in [0.15, 0.2) is 0 Å². The van der Waals surface area contributed by atoms with E-state index in [0.29, 0.717) is 11.7 Å². The minimum absolute atomic E-state index is 0.0210. The number of H-pyrrole nitrogens is 1. The molecule has 1 aromatic heterocycles. The van der Waals surface area contributed by atoms with Crippen molar-refractivity contribution >= 4 is 0 Å². The van der Waals surface area contributed by atoms with Crippen molar-refractivity contribution in [3.8, 4) is 11.5 Å². The summed E-state index contributed by atoms with van der Waals surface area (Å²) in [7, 11) is 0. The Kier molecular flexibility index (Phi) is 6.42. The molecule has 0 spiro atoms. The molecule has 0 fully saturated rings. The monoisotopic (exact) mass is 437 g/mol. The molecule has 1 aromatic carbocycles. The molecule has 2 atom stereocenters. The molecule has 1 aliphatic carbocycles. The maximum atomic E-state index is 11.3. The Labute approximate surface area is 193 Å². The van der Waals surface area contributed by atoms with Crippen molar-refractivity contribution in [2.45, 2.75) is 103 Å². The standard InChI is InChI=1S/C28H40N2O2/c1-6-7-8-9-12-27(2,3)21-16-24(31)26-22-15-20(18-30-14-13-29-19-30)10-11-23(22)28(4,5)32-25(26)17-21/h10,13-14,16-17,19,22-23,31H,6-9,11-12,15,18H2,1-5H3/p+1. The van der Waals surface area contributed by atoms with Crippen LogP contribution in [0.25, 0.3) is 0 Å². The van der Waals surface area contributed by atoms with E-state index in [9.17, 15) is 5.11 Å². The second kappa shape index (κ2) is 8.96. The van der Waals surface area contributed by atoms with Crippen molar-refractivity contribution in [3.05, 3.63) is 53.6 Å². The smallest absolute Gasteiger partial charge is 0.241 e. The number of phenolic OH excluding ortho intramolecular Hbond substituents is 1. The maximum absolute atomic E-state index is 11.3. The van der Waals surface area contributed by atoms with Crippen molar-refractivity contribution in [1.29, 1.82) is 0 Å². The van der Waals surface area contributed by atoms with Crippen LogP contribution in [0.15, 0.2) is 42.5 Å². The van der Waals surface area contributed by atoms with E-state index in [4.69, 9.17) is 4.74 Å². The first kappa shape index (κ1) is 22.9. The molecule has 32 heavy (non-hydrogen) atoms. The lowest BCUT2D eigenvalue weighted by Gasteiger charge is -2.47. The van der Waals surface area contributed by atoms with Gasteiger partial charge in [-0.05, 0) is 61.8 Å². The lowest BCUT2D eigenvalue weighted by Crippen LogP contribution is -2.46. The van der Waals surface area contributed by atoms with E-state index in [1.807, 2.05) is 18.6 Å². The minimum Gasteiger partial charge on any atom is -0.508 e. The van der Waals surface area contributed by atoms with Gasteiger partial charge in [-0.2, -0.15) is 0 Å². The summed E-state index contributed by atoms with van der Waals surface area (Å²) >= 11 is 0. The fourth-order valence-corrected chi connectivity index (χ4v) is 5.78. The largest absolute Gasteiger partial charge is 0.508 e. The Balaban J connectivity index is 1.62. The number of unbranched alkanes of at least 4 members (excludes halogenated alkanes) is 3. The number of aromatic hydroxyl groups is 1. The molecule has 2 heterocycles. The van der Waals surface area contributed by atoms with E-state index in [1.165, 1.54) is 36.8 Å².